The van der Waals surface area contributed by atoms with Crippen LogP contribution in [0, 0.1) is 24.7 Å². The van der Waals surface area contributed by atoms with Gasteiger partial charge < -0.3 is 9.30 Å². The zero-order valence-electron chi connectivity index (χ0n) is 19.1. The summed E-state index contributed by atoms with van der Waals surface area (Å²) in [4.78, 5) is 19.6. The quantitative estimate of drug-likeness (QED) is 0.491. The molecule has 1 saturated carbocycles. The Bertz CT molecular complexity index is 1290. The van der Waals surface area contributed by atoms with Crippen LogP contribution in [0.1, 0.15) is 54.9 Å². The molecule has 0 N–H and O–H groups in total. The summed E-state index contributed by atoms with van der Waals surface area (Å²) in [6, 6.07) is 11.0. The topological polar surface area (TPSA) is 57.0 Å². The van der Waals surface area contributed by atoms with Gasteiger partial charge in [-0.25, -0.2) is 9.97 Å². The summed E-state index contributed by atoms with van der Waals surface area (Å²) in [5.41, 5.74) is 2.09. The van der Waals surface area contributed by atoms with Crippen LogP contribution in [-0.2, 0) is 18.3 Å². The van der Waals surface area contributed by atoms with Crippen LogP contribution in [0.15, 0.2) is 53.6 Å². The van der Waals surface area contributed by atoms with Crippen molar-refractivity contribution in [1.82, 2.24) is 14.5 Å². The van der Waals surface area contributed by atoms with E-state index in [1.54, 1.807) is 10.6 Å². The van der Waals surface area contributed by atoms with Crippen molar-refractivity contribution in [2.75, 3.05) is 0 Å². The molecule has 176 valence electrons. The number of rotatable bonds is 5. The van der Waals surface area contributed by atoms with Gasteiger partial charge in [-0.1, -0.05) is 24.0 Å². The predicted octanol–water partition coefficient (Wildman–Crippen LogP) is 5.09. The molecule has 0 amide bonds. The number of aromatic nitrogens is 3. The second kappa shape index (κ2) is 8.98. The minimum atomic E-state index is -4.60. The van der Waals surface area contributed by atoms with E-state index in [-0.39, 0.29) is 12.2 Å². The van der Waals surface area contributed by atoms with E-state index >= 15 is 0 Å². The standard InChI is InChI=1S/C26H24F3N3O2/c1-17-12-22(34-16-20-14-30-24(31-15-20)26(27,28)29)13-23(33)32(17)25(2,3)21-10-8-19(9-11-21)7-6-18-4-5-18/h8-15,18H,4-5,16H2,1-3H3. The Morgan fingerprint density at radius 3 is 2.29 bits per heavy atom. The van der Waals surface area contributed by atoms with Crippen LogP contribution in [0.3, 0.4) is 0 Å². The summed E-state index contributed by atoms with van der Waals surface area (Å²) in [7, 11) is 0. The lowest BCUT2D eigenvalue weighted by atomic mass is 9.92. The lowest BCUT2D eigenvalue weighted by Crippen LogP contribution is -2.38. The third kappa shape index (κ3) is 5.30. The van der Waals surface area contributed by atoms with E-state index in [9.17, 15) is 18.0 Å². The Morgan fingerprint density at radius 2 is 1.74 bits per heavy atom. The minimum absolute atomic E-state index is 0.0617. The number of alkyl halides is 3. The van der Waals surface area contributed by atoms with Gasteiger partial charge >= 0.3 is 6.18 Å². The largest absolute Gasteiger partial charge is 0.489 e. The van der Waals surface area contributed by atoms with Crippen LogP contribution in [0.25, 0.3) is 0 Å². The molecule has 34 heavy (non-hydrogen) atoms. The van der Waals surface area contributed by atoms with Crippen LogP contribution in [-0.4, -0.2) is 14.5 Å². The smallest absolute Gasteiger partial charge is 0.451 e. The highest BCUT2D eigenvalue weighted by Gasteiger charge is 2.34. The van der Waals surface area contributed by atoms with Crippen LogP contribution in [0.4, 0.5) is 13.2 Å². The molecule has 0 atom stereocenters. The van der Waals surface area contributed by atoms with Gasteiger partial charge in [0, 0.05) is 41.2 Å². The summed E-state index contributed by atoms with van der Waals surface area (Å²) in [6.45, 7) is 5.68. The van der Waals surface area contributed by atoms with E-state index in [0.29, 0.717) is 22.9 Å². The molecule has 1 aromatic carbocycles. The number of nitrogens with zero attached hydrogens (tertiary/aromatic N) is 3. The third-order valence-electron chi connectivity index (χ3n) is 5.70. The maximum absolute atomic E-state index is 13.0. The van der Waals surface area contributed by atoms with Crippen LogP contribution in [0.5, 0.6) is 5.75 Å². The summed E-state index contributed by atoms with van der Waals surface area (Å²) in [5.74, 6) is 6.08. The van der Waals surface area contributed by atoms with Crippen molar-refractivity contribution in [2.24, 2.45) is 5.92 Å². The zero-order valence-corrected chi connectivity index (χ0v) is 19.1. The molecule has 1 aliphatic rings. The summed E-state index contributed by atoms with van der Waals surface area (Å²) < 4.78 is 45.1. The number of hydrogen-bond donors (Lipinski definition) is 0. The summed E-state index contributed by atoms with van der Waals surface area (Å²) in [6.07, 6.45) is -0.119. The van der Waals surface area contributed by atoms with Crippen molar-refractivity contribution in [2.45, 2.75) is 51.9 Å². The highest BCUT2D eigenvalue weighted by atomic mass is 19.4. The van der Waals surface area contributed by atoms with Gasteiger partial charge in [-0.05, 0) is 57.4 Å². The number of hydrogen-bond acceptors (Lipinski definition) is 4. The van der Waals surface area contributed by atoms with E-state index in [0.717, 1.165) is 23.5 Å². The zero-order chi connectivity index (χ0) is 24.5. The van der Waals surface area contributed by atoms with Gasteiger partial charge in [0.15, 0.2) is 0 Å². The number of ether oxygens (including phenoxy) is 1. The maximum Gasteiger partial charge on any atom is 0.451 e. The number of pyridine rings is 1. The fraction of sp³-hybridized carbons (Fsp3) is 0.346. The fourth-order valence-corrected chi connectivity index (χ4v) is 3.72. The molecule has 2 aromatic heterocycles. The van der Waals surface area contributed by atoms with Gasteiger partial charge in [0.25, 0.3) is 5.56 Å². The predicted molar refractivity (Wildman–Crippen MR) is 121 cm³/mol. The van der Waals surface area contributed by atoms with Crippen molar-refractivity contribution in [3.05, 3.63) is 87.4 Å². The Labute approximate surface area is 195 Å². The molecule has 8 heteroatoms. The van der Waals surface area contributed by atoms with Gasteiger partial charge in [-0.3, -0.25) is 4.79 Å². The Balaban J connectivity index is 1.50. The molecule has 0 saturated heterocycles. The maximum atomic E-state index is 13.0. The highest BCUT2D eigenvalue weighted by molar-refractivity contribution is 5.39. The first-order chi connectivity index (χ1) is 16.0. The number of halogens is 3. The van der Waals surface area contributed by atoms with Crippen LogP contribution in [0.2, 0.25) is 0 Å². The molecule has 3 aromatic rings. The Hall–Kier alpha value is -3.60. The van der Waals surface area contributed by atoms with Crippen molar-refractivity contribution in [3.8, 4) is 17.6 Å². The van der Waals surface area contributed by atoms with E-state index in [2.05, 4.69) is 21.8 Å². The molecule has 4 rings (SSSR count). The fourth-order valence-electron chi connectivity index (χ4n) is 3.72. The first kappa shape index (κ1) is 23.6. The first-order valence-electron chi connectivity index (χ1n) is 10.9. The van der Waals surface area contributed by atoms with Gasteiger partial charge in [0.05, 0.1) is 5.54 Å². The van der Waals surface area contributed by atoms with Gasteiger partial charge in [-0.2, -0.15) is 13.2 Å². The molecule has 0 aliphatic heterocycles. The molecule has 0 spiro atoms. The average Bonchev–Trinajstić information content (AvgIpc) is 3.60. The van der Waals surface area contributed by atoms with E-state index in [4.69, 9.17) is 4.74 Å². The van der Waals surface area contributed by atoms with Crippen molar-refractivity contribution >= 4 is 0 Å². The second-order valence-corrected chi connectivity index (χ2v) is 8.89. The minimum Gasteiger partial charge on any atom is -0.489 e. The Morgan fingerprint density at radius 1 is 1.09 bits per heavy atom. The van der Waals surface area contributed by atoms with Crippen LogP contribution < -0.4 is 10.3 Å². The molecular formula is C26H24F3N3O2. The van der Waals surface area contributed by atoms with E-state index in [1.165, 1.54) is 18.9 Å². The van der Waals surface area contributed by atoms with Gasteiger partial charge in [-0.15, -0.1) is 0 Å². The summed E-state index contributed by atoms with van der Waals surface area (Å²) >= 11 is 0. The molecule has 1 aliphatic carbocycles. The van der Waals surface area contributed by atoms with Crippen molar-refractivity contribution < 1.29 is 17.9 Å². The Kier molecular flexibility index (Phi) is 6.22. The monoisotopic (exact) mass is 467 g/mol. The molecule has 5 nitrogen and oxygen atoms in total. The van der Waals surface area contributed by atoms with Gasteiger partial charge in [0.1, 0.15) is 12.4 Å². The summed E-state index contributed by atoms with van der Waals surface area (Å²) in [5, 5.41) is 0. The second-order valence-electron chi connectivity index (χ2n) is 8.89. The van der Waals surface area contributed by atoms with Crippen molar-refractivity contribution in [1.29, 1.82) is 0 Å². The SMILES string of the molecule is Cc1cc(OCc2cnc(C(F)(F)F)nc2)cc(=O)n1C(C)(C)c1ccc(C#CC2CC2)cc1. The molecule has 0 radical (unpaired) electrons. The average molecular weight is 467 g/mol. The van der Waals surface area contributed by atoms with E-state index < -0.39 is 17.5 Å². The molecule has 1 fully saturated rings. The third-order valence-corrected chi connectivity index (χ3v) is 5.70. The highest BCUT2D eigenvalue weighted by Crippen LogP contribution is 2.29. The van der Waals surface area contributed by atoms with Gasteiger partial charge in [0.2, 0.25) is 5.82 Å². The van der Waals surface area contributed by atoms with Crippen LogP contribution >= 0.6 is 0 Å². The molecule has 2 heterocycles. The number of benzene rings is 1. The van der Waals surface area contributed by atoms with Crippen molar-refractivity contribution in [3.63, 3.8) is 0 Å². The molecule has 0 unspecified atom stereocenters. The number of aryl methyl sites for hydroxylation is 1. The van der Waals surface area contributed by atoms with E-state index in [1.807, 2.05) is 45.0 Å². The molecule has 0 bridgehead atoms. The normalized spacial score (nSPS) is 13.8. The molecular weight excluding hydrogens is 443 g/mol. The lowest BCUT2D eigenvalue weighted by Gasteiger charge is -2.30. The first-order valence-corrected chi connectivity index (χ1v) is 10.9. The lowest BCUT2D eigenvalue weighted by molar-refractivity contribution is -0.145.